The number of thiazole rings is 1. The average molecular weight is 436 g/mol. The molecule has 0 atom stereocenters. The summed E-state index contributed by atoms with van der Waals surface area (Å²) in [5.74, 6) is -0.337. The molecule has 2 N–H and O–H groups in total. The third-order valence-corrected chi connectivity index (χ3v) is 6.88. The van der Waals surface area contributed by atoms with Gasteiger partial charge in [-0.05, 0) is 37.6 Å². The molecule has 146 valence electrons. The lowest BCUT2D eigenvalue weighted by Gasteiger charge is -2.06. The van der Waals surface area contributed by atoms with E-state index in [-0.39, 0.29) is 22.5 Å². The minimum absolute atomic E-state index is 0.135. The van der Waals surface area contributed by atoms with Gasteiger partial charge in [-0.3, -0.25) is 9.52 Å². The number of halogens is 1. The van der Waals surface area contributed by atoms with Crippen molar-refractivity contribution >= 4 is 44.0 Å². The molecular weight excluding hydrogens is 418 g/mol. The molecule has 9 heteroatoms. The van der Waals surface area contributed by atoms with Crippen molar-refractivity contribution in [3.8, 4) is 0 Å². The topological polar surface area (TPSA) is 88.2 Å². The molecule has 1 heterocycles. The van der Waals surface area contributed by atoms with Gasteiger partial charge in [-0.25, -0.2) is 13.4 Å². The highest BCUT2D eigenvalue weighted by Gasteiger charge is 2.20. The van der Waals surface area contributed by atoms with Crippen LogP contribution in [-0.4, -0.2) is 19.3 Å². The van der Waals surface area contributed by atoms with Crippen molar-refractivity contribution in [3.05, 3.63) is 75.3 Å². The number of benzene rings is 2. The Kier molecular flexibility index (Phi) is 6.02. The number of amides is 1. The number of nitrogens with zero attached hydrogens (tertiary/aromatic N) is 1. The van der Waals surface area contributed by atoms with Gasteiger partial charge in [0.05, 0.1) is 10.6 Å². The summed E-state index contributed by atoms with van der Waals surface area (Å²) < 4.78 is 27.4. The quantitative estimate of drug-likeness (QED) is 0.608. The van der Waals surface area contributed by atoms with Crippen LogP contribution in [0.15, 0.2) is 53.4 Å². The van der Waals surface area contributed by atoms with Crippen LogP contribution in [0.4, 0.5) is 5.13 Å². The Morgan fingerprint density at radius 1 is 1.11 bits per heavy atom. The molecule has 2 aromatic carbocycles. The van der Waals surface area contributed by atoms with Crippen LogP contribution in [0.25, 0.3) is 0 Å². The minimum atomic E-state index is -3.77. The summed E-state index contributed by atoms with van der Waals surface area (Å²) >= 11 is 7.08. The maximum Gasteiger partial charge on any atom is 0.263 e. The van der Waals surface area contributed by atoms with E-state index in [1.165, 1.54) is 12.1 Å². The Labute approximate surface area is 172 Å². The summed E-state index contributed by atoms with van der Waals surface area (Å²) in [6.07, 6.45) is 0. The van der Waals surface area contributed by atoms with E-state index in [0.29, 0.717) is 15.6 Å². The summed E-state index contributed by atoms with van der Waals surface area (Å²) in [5.41, 5.74) is 2.20. The molecule has 0 bridgehead atoms. The zero-order chi connectivity index (χ0) is 20.3. The van der Waals surface area contributed by atoms with Crippen molar-refractivity contribution in [2.75, 3.05) is 4.72 Å². The summed E-state index contributed by atoms with van der Waals surface area (Å²) in [7, 11) is -3.77. The van der Waals surface area contributed by atoms with Gasteiger partial charge >= 0.3 is 0 Å². The van der Waals surface area contributed by atoms with Gasteiger partial charge in [0, 0.05) is 11.6 Å². The molecule has 0 saturated heterocycles. The highest BCUT2D eigenvalue weighted by Crippen LogP contribution is 2.25. The lowest BCUT2D eigenvalue weighted by molar-refractivity contribution is 0.0954. The maximum absolute atomic E-state index is 12.5. The second-order valence-electron chi connectivity index (χ2n) is 6.13. The SMILES string of the molecule is Cc1ccc(S(=O)(=O)Nc2nc(C)c(C(=O)NCc3ccccc3Cl)s2)cc1. The van der Waals surface area contributed by atoms with Crippen molar-refractivity contribution in [1.29, 1.82) is 0 Å². The first-order valence-corrected chi connectivity index (χ1v) is 11.0. The van der Waals surface area contributed by atoms with Crippen molar-refractivity contribution < 1.29 is 13.2 Å². The number of anilines is 1. The number of aromatic nitrogens is 1. The van der Waals surface area contributed by atoms with Crippen LogP contribution in [0, 0.1) is 13.8 Å². The predicted molar refractivity (Wildman–Crippen MR) is 111 cm³/mol. The number of carbonyl (C=O) groups is 1. The minimum Gasteiger partial charge on any atom is -0.347 e. The number of sulfonamides is 1. The smallest absolute Gasteiger partial charge is 0.263 e. The van der Waals surface area contributed by atoms with Crippen molar-refractivity contribution in [2.24, 2.45) is 0 Å². The summed E-state index contributed by atoms with van der Waals surface area (Å²) in [6.45, 7) is 3.80. The average Bonchev–Trinajstić information content (AvgIpc) is 3.00. The summed E-state index contributed by atoms with van der Waals surface area (Å²) in [6, 6.07) is 13.7. The van der Waals surface area contributed by atoms with Crippen LogP contribution in [0.2, 0.25) is 5.02 Å². The van der Waals surface area contributed by atoms with Gasteiger partial charge in [0.2, 0.25) is 0 Å². The molecule has 1 aromatic heterocycles. The largest absolute Gasteiger partial charge is 0.347 e. The lowest BCUT2D eigenvalue weighted by atomic mass is 10.2. The standard InChI is InChI=1S/C19H18ClN3O3S2/c1-12-7-9-15(10-8-12)28(25,26)23-19-22-13(2)17(27-19)18(24)21-11-14-5-3-4-6-16(14)20/h3-10H,11H2,1-2H3,(H,21,24)(H,22,23). The van der Waals surface area contributed by atoms with E-state index in [9.17, 15) is 13.2 Å². The third kappa shape index (κ3) is 4.70. The van der Waals surface area contributed by atoms with Gasteiger partial charge in [-0.2, -0.15) is 0 Å². The molecule has 0 fully saturated rings. The monoisotopic (exact) mass is 435 g/mol. The van der Waals surface area contributed by atoms with Gasteiger partial charge in [-0.1, -0.05) is 58.8 Å². The van der Waals surface area contributed by atoms with Crippen LogP contribution in [0.1, 0.15) is 26.5 Å². The van der Waals surface area contributed by atoms with Gasteiger partial charge < -0.3 is 5.32 Å². The highest BCUT2D eigenvalue weighted by atomic mass is 35.5. The molecular formula is C19H18ClN3O3S2. The number of rotatable bonds is 6. The zero-order valence-corrected chi connectivity index (χ0v) is 17.6. The molecule has 3 aromatic rings. The van der Waals surface area contributed by atoms with Crippen molar-refractivity contribution in [3.63, 3.8) is 0 Å². The maximum atomic E-state index is 12.5. The fourth-order valence-electron chi connectivity index (χ4n) is 2.44. The first kappa shape index (κ1) is 20.3. The Morgan fingerprint density at radius 2 is 1.79 bits per heavy atom. The van der Waals surface area contributed by atoms with E-state index in [2.05, 4.69) is 15.0 Å². The van der Waals surface area contributed by atoms with E-state index in [4.69, 9.17) is 11.6 Å². The molecule has 0 spiro atoms. The van der Waals surface area contributed by atoms with Gasteiger partial charge in [0.15, 0.2) is 5.13 Å². The molecule has 0 unspecified atom stereocenters. The summed E-state index contributed by atoms with van der Waals surface area (Å²) in [4.78, 5) is 17.1. The number of aryl methyl sites for hydroxylation is 2. The first-order chi connectivity index (χ1) is 13.3. The number of hydrogen-bond acceptors (Lipinski definition) is 5. The van der Waals surface area contributed by atoms with Crippen LogP contribution in [-0.2, 0) is 16.6 Å². The van der Waals surface area contributed by atoms with E-state index in [1.54, 1.807) is 25.1 Å². The normalized spacial score (nSPS) is 11.2. The van der Waals surface area contributed by atoms with Gasteiger partial charge in [-0.15, -0.1) is 0 Å². The molecule has 0 saturated carbocycles. The van der Waals surface area contributed by atoms with Crippen LogP contribution >= 0.6 is 22.9 Å². The highest BCUT2D eigenvalue weighted by molar-refractivity contribution is 7.93. The Morgan fingerprint density at radius 3 is 2.46 bits per heavy atom. The van der Waals surface area contributed by atoms with E-state index in [1.807, 2.05) is 25.1 Å². The van der Waals surface area contributed by atoms with Crippen LogP contribution in [0.5, 0.6) is 0 Å². The third-order valence-electron chi connectivity index (χ3n) is 3.95. The fraction of sp³-hybridized carbons (Fsp3) is 0.158. The molecule has 0 aliphatic rings. The first-order valence-electron chi connectivity index (χ1n) is 8.35. The Bertz CT molecular complexity index is 1110. The zero-order valence-electron chi connectivity index (χ0n) is 15.2. The number of carbonyl (C=O) groups excluding carboxylic acids is 1. The molecule has 6 nitrogen and oxygen atoms in total. The Balaban J connectivity index is 1.72. The number of hydrogen-bond donors (Lipinski definition) is 2. The second-order valence-corrected chi connectivity index (χ2v) is 9.21. The number of nitrogens with one attached hydrogen (secondary N) is 2. The van der Waals surface area contributed by atoms with Gasteiger partial charge in [0.1, 0.15) is 4.88 Å². The fourth-order valence-corrected chi connectivity index (χ4v) is 4.76. The predicted octanol–water partition coefficient (Wildman–Crippen LogP) is 4.14. The van der Waals surface area contributed by atoms with Crippen molar-refractivity contribution in [1.82, 2.24) is 10.3 Å². The molecule has 0 aliphatic carbocycles. The van der Waals surface area contributed by atoms with E-state index in [0.717, 1.165) is 22.5 Å². The molecule has 28 heavy (non-hydrogen) atoms. The van der Waals surface area contributed by atoms with E-state index < -0.39 is 10.0 Å². The van der Waals surface area contributed by atoms with Crippen molar-refractivity contribution in [2.45, 2.75) is 25.3 Å². The molecule has 1 amide bonds. The summed E-state index contributed by atoms with van der Waals surface area (Å²) in [5, 5.41) is 3.49. The Hall–Kier alpha value is -2.42. The molecule has 0 aliphatic heterocycles. The van der Waals surface area contributed by atoms with Crippen LogP contribution < -0.4 is 10.0 Å². The van der Waals surface area contributed by atoms with E-state index >= 15 is 0 Å². The molecule has 0 radical (unpaired) electrons. The second kappa shape index (κ2) is 8.30. The lowest BCUT2D eigenvalue weighted by Crippen LogP contribution is -2.22. The van der Waals surface area contributed by atoms with Crippen LogP contribution in [0.3, 0.4) is 0 Å². The van der Waals surface area contributed by atoms with Gasteiger partial charge in [0.25, 0.3) is 15.9 Å². The molecule has 3 rings (SSSR count).